The van der Waals surface area contributed by atoms with Crippen LogP contribution in [0.2, 0.25) is 0 Å². The summed E-state index contributed by atoms with van der Waals surface area (Å²) in [6, 6.07) is 0. The first-order valence-corrected chi connectivity index (χ1v) is 5.51. The van der Waals surface area contributed by atoms with E-state index in [0.29, 0.717) is 12.3 Å². The Morgan fingerprint density at radius 3 is 3.33 bits per heavy atom. The molecule has 0 saturated heterocycles. The summed E-state index contributed by atoms with van der Waals surface area (Å²) >= 11 is 0. The second-order valence-corrected chi connectivity index (χ2v) is 4.07. The summed E-state index contributed by atoms with van der Waals surface area (Å²) in [6.45, 7) is 0.978. The summed E-state index contributed by atoms with van der Waals surface area (Å²) in [5, 5.41) is 3.39. The highest BCUT2D eigenvalue weighted by atomic mass is 16.5. The van der Waals surface area contributed by atoms with Crippen LogP contribution in [0.4, 0.5) is 0 Å². The zero-order valence-corrected chi connectivity index (χ0v) is 9.08. The molecule has 2 aliphatic rings. The standard InChI is InChI=1S/C12H17NO2/c1-15-12(14)7-6-9-8-13-11-5-3-2-4-10(9)11/h3,5,9,13H,2,4,6-8H2,1H3. The second kappa shape index (κ2) is 4.51. The van der Waals surface area contributed by atoms with E-state index in [9.17, 15) is 4.79 Å². The summed E-state index contributed by atoms with van der Waals surface area (Å²) in [4.78, 5) is 11.1. The van der Waals surface area contributed by atoms with Crippen LogP contribution in [-0.2, 0) is 9.53 Å². The molecule has 0 fully saturated rings. The minimum absolute atomic E-state index is 0.101. The van der Waals surface area contributed by atoms with Crippen molar-refractivity contribution in [2.45, 2.75) is 25.7 Å². The van der Waals surface area contributed by atoms with Gasteiger partial charge >= 0.3 is 5.97 Å². The molecule has 3 heteroatoms. The highest BCUT2D eigenvalue weighted by Crippen LogP contribution is 2.31. The van der Waals surface area contributed by atoms with E-state index in [-0.39, 0.29) is 5.97 Å². The van der Waals surface area contributed by atoms with Gasteiger partial charge in [-0.1, -0.05) is 6.08 Å². The third-order valence-electron chi connectivity index (χ3n) is 3.17. The van der Waals surface area contributed by atoms with E-state index in [1.807, 2.05) is 0 Å². The van der Waals surface area contributed by atoms with Crippen molar-refractivity contribution in [1.29, 1.82) is 0 Å². The van der Waals surface area contributed by atoms with Crippen LogP contribution in [0, 0.1) is 5.92 Å². The molecule has 82 valence electrons. The maximum absolute atomic E-state index is 11.1. The van der Waals surface area contributed by atoms with Crippen LogP contribution in [0.1, 0.15) is 25.7 Å². The Balaban J connectivity index is 1.92. The van der Waals surface area contributed by atoms with Crippen molar-refractivity contribution < 1.29 is 9.53 Å². The Morgan fingerprint density at radius 2 is 2.53 bits per heavy atom. The predicted molar refractivity (Wildman–Crippen MR) is 58.1 cm³/mol. The van der Waals surface area contributed by atoms with E-state index >= 15 is 0 Å². The average molecular weight is 207 g/mol. The van der Waals surface area contributed by atoms with Gasteiger partial charge in [0.2, 0.25) is 0 Å². The van der Waals surface area contributed by atoms with Gasteiger partial charge in [0.25, 0.3) is 0 Å². The van der Waals surface area contributed by atoms with Crippen LogP contribution in [0.5, 0.6) is 0 Å². The van der Waals surface area contributed by atoms with Crippen molar-refractivity contribution in [1.82, 2.24) is 5.32 Å². The van der Waals surface area contributed by atoms with E-state index in [4.69, 9.17) is 0 Å². The van der Waals surface area contributed by atoms with E-state index in [2.05, 4.69) is 22.2 Å². The molecule has 1 unspecified atom stereocenters. The van der Waals surface area contributed by atoms with Crippen molar-refractivity contribution in [3.63, 3.8) is 0 Å². The molecule has 1 aliphatic heterocycles. The number of nitrogens with one attached hydrogen (secondary N) is 1. The van der Waals surface area contributed by atoms with Crippen molar-refractivity contribution in [2.75, 3.05) is 13.7 Å². The zero-order chi connectivity index (χ0) is 10.7. The molecule has 15 heavy (non-hydrogen) atoms. The molecule has 0 saturated carbocycles. The van der Waals surface area contributed by atoms with E-state index in [0.717, 1.165) is 25.8 Å². The Kier molecular flexibility index (Phi) is 3.09. The first-order valence-electron chi connectivity index (χ1n) is 5.51. The van der Waals surface area contributed by atoms with Crippen LogP contribution in [0.25, 0.3) is 0 Å². The van der Waals surface area contributed by atoms with Gasteiger partial charge in [-0.15, -0.1) is 0 Å². The highest BCUT2D eigenvalue weighted by molar-refractivity contribution is 5.69. The number of hydrogen-bond acceptors (Lipinski definition) is 3. The Bertz CT molecular complexity index is 318. The number of esters is 1. The Morgan fingerprint density at radius 1 is 1.67 bits per heavy atom. The highest BCUT2D eigenvalue weighted by Gasteiger charge is 2.25. The molecule has 0 aromatic rings. The fraction of sp³-hybridized carbons (Fsp3) is 0.583. The lowest BCUT2D eigenvalue weighted by Crippen LogP contribution is -2.13. The molecule has 2 rings (SSSR count). The third-order valence-corrected chi connectivity index (χ3v) is 3.17. The molecular formula is C12H17NO2. The minimum atomic E-state index is -0.101. The van der Waals surface area contributed by atoms with Gasteiger partial charge in [-0.05, 0) is 36.8 Å². The lowest BCUT2D eigenvalue weighted by atomic mass is 9.90. The topological polar surface area (TPSA) is 38.3 Å². The van der Waals surface area contributed by atoms with Gasteiger partial charge in [0.15, 0.2) is 0 Å². The quantitative estimate of drug-likeness (QED) is 0.717. The van der Waals surface area contributed by atoms with Gasteiger partial charge < -0.3 is 10.1 Å². The summed E-state index contributed by atoms with van der Waals surface area (Å²) in [5.74, 6) is 0.430. The number of carbonyl (C=O) groups excluding carboxylic acids is 1. The monoisotopic (exact) mass is 207 g/mol. The summed E-state index contributed by atoms with van der Waals surface area (Å²) in [7, 11) is 1.45. The molecule has 0 aromatic carbocycles. The average Bonchev–Trinajstić information content (AvgIpc) is 2.69. The normalized spacial score (nSPS) is 23.7. The fourth-order valence-electron chi connectivity index (χ4n) is 2.31. The van der Waals surface area contributed by atoms with Gasteiger partial charge in [0, 0.05) is 18.7 Å². The first-order chi connectivity index (χ1) is 7.31. The molecule has 1 heterocycles. The molecular weight excluding hydrogens is 190 g/mol. The molecule has 1 aliphatic carbocycles. The van der Waals surface area contributed by atoms with E-state index < -0.39 is 0 Å². The van der Waals surface area contributed by atoms with Crippen molar-refractivity contribution in [2.24, 2.45) is 5.92 Å². The molecule has 1 N–H and O–H groups in total. The second-order valence-electron chi connectivity index (χ2n) is 4.07. The third kappa shape index (κ3) is 2.22. The number of methoxy groups -OCH3 is 1. The molecule has 0 spiro atoms. The Hall–Kier alpha value is -1.25. The lowest BCUT2D eigenvalue weighted by molar-refractivity contribution is -0.140. The van der Waals surface area contributed by atoms with Crippen LogP contribution < -0.4 is 5.32 Å². The predicted octanol–water partition coefficient (Wildman–Crippen LogP) is 1.76. The van der Waals surface area contributed by atoms with Gasteiger partial charge in [-0.25, -0.2) is 0 Å². The summed E-state index contributed by atoms with van der Waals surface area (Å²) in [5.41, 5.74) is 2.79. The molecule has 0 aromatic heterocycles. The maximum atomic E-state index is 11.1. The SMILES string of the molecule is COC(=O)CCC1CNC2=C1CCC=C2. The van der Waals surface area contributed by atoms with Gasteiger partial charge in [0.1, 0.15) is 0 Å². The number of ether oxygens (including phenoxy) is 1. The van der Waals surface area contributed by atoms with Crippen LogP contribution in [0.15, 0.2) is 23.4 Å². The molecule has 0 radical (unpaired) electrons. The van der Waals surface area contributed by atoms with Crippen molar-refractivity contribution in [3.05, 3.63) is 23.4 Å². The number of hydrogen-bond donors (Lipinski definition) is 1. The number of allylic oxidation sites excluding steroid dienone is 2. The Labute approximate surface area is 90.2 Å². The smallest absolute Gasteiger partial charge is 0.305 e. The minimum Gasteiger partial charge on any atom is -0.469 e. The van der Waals surface area contributed by atoms with Gasteiger partial charge in [0.05, 0.1) is 7.11 Å². The zero-order valence-electron chi connectivity index (χ0n) is 9.08. The van der Waals surface area contributed by atoms with Crippen LogP contribution in [-0.4, -0.2) is 19.6 Å². The molecule has 3 nitrogen and oxygen atoms in total. The largest absolute Gasteiger partial charge is 0.469 e. The van der Waals surface area contributed by atoms with E-state index in [1.165, 1.54) is 18.4 Å². The lowest BCUT2D eigenvalue weighted by Gasteiger charge is -2.14. The van der Waals surface area contributed by atoms with Crippen LogP contribution >= 0.6 is 0 Å². The summed E-state index contributed by atoms with van der Waals surface area (Å²) in [6.07, 6.45) is 8.08. The number of rotatable bonds is 3. The van der Waals surface area contributed by atoms with Crippen molar-refractivity contribution >= 4 is 5.97 Å². The van der Waals surface area contributed by atoms with Crippen LogP contribution in [0.3, 0.4) is 0 Å². The molecule has 1 atom stereocenters. The molecule has 0 bridgehead atoms. The van der Waals surface area contributed by atoms with Crippen molar-refractivity contribution in [3.8, 4) is 0 Å². The number of carbonyl (C=O) groups is 1. The molecule has 0 amide bonds. The van der Waals surface area contributed by atoms with E-state index in [1.54, 1.807) is 0 Å². The fourth-order valence-corrected chi connectivity index (χ4v) is 2.31. The summed E-state index contributed by atoms with van der Waals surface area (Å²) < 4.78 is 4.66. The maximum Gasteiger partial charge on any atom is 0.305 e. The first kappa shape index (κ1) is 10.3. The van der Waals surface area contributed by atoms with Gasteiger partial charge in [-0.3, -0.25) is 4.79 Å². The van der Waals surface area contributed by atoms with Gasteiger partial charge in [-0.2, -0.15) is 0 Å².